The fraction of sp³-hybridized carbons (Fsp3) is 0.522. The van der Waals surface area contributed by atoms with Crippen molar-refractivity contribution in [2.75, 3.05) is 13.2 Å². The number of pyridine rings is 1. The summed E-state index contributed by atoms with van der Waals surface area (Å²) >= 11 is 0. The SMILES string of the molecule is Cc1cc(C(=O)OCC(=O)N2C[C@]3(C)C[C@H]2CC(C)(C)C3)c2ccccc2n1. The van der Waals surface area contributed by atoms with Gasteiger partial charge in [-0.05, 0) is 49.1 Å². The second-order valence-corrected chi connectivity index (χ2v) is 9.64. The largest absolute Gasteiger partial charge is 0.452 e. The second kappa shape index (κ2) is 6.57. The predicted octanol–water partition coefficient (Wildman–Crippen LogP) is 4.13. The van der Waals surface area contributed by atoms with Gasteiger partial charge >= 0.3 is 5.97 Å². The van der Waals surface area contributed by atoms with E-state index in [0.29, 0.717) is 5.56 Å². The molecule has 1 aromatic heterocycles. The van der Waals surface area contributed by atoms with Gasteiger partial charge in [0.05, 0.1) is 11.1 Å². The van der Waals surface area contributed by atoms with E-state index in [2.05, 4.69) is 25.8 Å². The van der Waals surface area contributed by atoms with Crippen LogP contribution in [0.1, 0.15) is 56.1 Å². The monoisotopic (exact) mass is 380 g/mol. The Morgan fingerprint density at radius 1 is 1.21 bits per heavy atom. The first kappa shape index (κ1) is 18.9. The molecule has 0 radical (unpaired) electrons. The van der Waals surface area contributed by atoms with Crippen molar-refractivity contribution in [2.45, 2.75) is 53.0 Å². The normalized spacial score (nSPS) is 25.7. The van der Waals surface area contributed by atoms with Crippen LogP contribution in [0.2, 0.25) is 0 Å². The number of likely N-dealkylation sites (tertiary alicyclic amines) is 1. The van der Waals surface area contributed by atoms with Crippen LogP contribution < -0.4 is 0 Å². The molecular formula is C23H28N2O3. The molecule has 148 valence electrons. The van der Waals surface area contributed by atoms with Crippen LogP contribution >= 0.6 is 0 Å². The lowest BCUT2D eigenvalue weighted by Gasteiger charge is -2.39. The van der Waals surface area contributed by atoms with Gasteiger partial charge in [0, 0.05) is 23.7 Å². The third kappa shape index (κ3) is 3.50. The predicted molar refractivity (Wildman–Crippen MR) is 108 cm³/mol. The quantitative estimate of drug-likeness (QED) is 0.752. The van der Waals surface area contributed by atoms with Gasteiger partial charge in [-0.3, -0.25) is 9.78 Å². The smallest absolute Gasteiger partial charge is 0.339 e. The number of ether oxygens (including phenoxy) is 1. The summed E-state index contributed by atoms with van der Waals surface area (Å²) in [6, 6.07) is 9.46. The molecule has 2 aromatic rings. The Balaban J connectivity index is 1.47. The molecule has 2 aliphatic rings. The van der Waals surface area contributed by atoms with E-state index in [1.807, 2.05) is 36.1 Å². The molecule has 0 unspecified atom stereocenters. The topological polar surface area (TPSA) is 59.5 Å². The zero-order valence-electron chi connectivity index (χ0n) is 17.1. The van der Waals surface area contributed by atoms with Crippen molar-refractivity contribution in [3.05, 3.63) is 41.6 Å². The first-order valence-corrected chi connectivity index (χ1v) is 9.99. The number of hydrogen-bond acceptors (Lipinski definition) is 4. The molecule has 2 fully saturated rings. The highest BCUT2D eigenvalue weighted by molar-refractivity contribution is 6.04. The van der Waals surface area contributed by atoms with Crippen LogP contribution in [0.25, 0.3) is 10.9 Å². The van der Waals surface area contributed by atoms with Crippen LogP contribution in [0, 0.1) is 17.8 Å². The number of carbonyl (C=O) groups is 2. The van der Waals surface area contributed by atoms with Gasteiger partial charge in [-0.2, -0.15) is 0 Å². The zero-order valence-corrected chi connectivity index (χ0v) is 17.1. The molecule has 5 nitrogen and oxygen atoms in total. The average molecular weight is 380 g/mol. The Hall–Kier alpha value is -2.43. The molecule has 5 heteroatoms. The van der Waals surface area contributed by atoms with E-state index in [1.54, 1.807) is 6.07 Å². The van der Waals surface area contributed by atoms with Gasteiger partial charge in [0.25, 0.3) is 5.91 Å². The molecule has 4 rings (SSSR count). The number of nitrogens with zero attached hydrogens (tertiary/aromatic N) is 2. The van der Waals surface area contributed by atoms with Gasteiger partial charge in [0.1, 0.15) is 0 Å². The molecule has 0 spiro atoms. The number of fused-ring (bicyclic) bond motifs is 3. The Morgan fingerprint density at radius 2 is 1.96 bits per heavy atom. The number of aromatic nitrogens is 1. The lowest BCUT2D eigenvalue weighted by Crippen LogP contribution is -2.39. The van der Waals surface area contributed by atoms with E-state index >= 15 is 0 Å². The summed E-state index contributed by atoms with van der Waals surface area (Å²) in [6.07, 6.45) is 3.18. The minimum Gasteiger partial charge on any atom is -0.452 e. The number of carbonyl (C=O) groups excluding carboxylic acids is 2. The molecule has 1 amide bonds. The Bertz CT molecular complexity index is 952. The number of benzene rings is 1. The number of rotatable bonds is 3. The van der Waals surface area contributed by atoms with E-state index < -0.39 is 5.97 Å². The van der Waals surface area contributed by atoms with E-state index in [0.717, 1.165) is 42.4 Å². The molecule has 28 heavy (non-hydrogen) atoms. The first-order valence-electron chi connectivity index (χ1n) is 9.99. The van der Waals surface area contributed by atoms with Crippen molar-refractivity contribution in [2.24, 2.45) is 10.8 Å². The summed E-state index contributed by atoms with van der Waals surface area (Å²) in [5.41, 5.74) is 2.38. The fourth-order valence-corrected chi connectivity index (χ4v) is 5.52. The zero-order chi connectivity index (χ0) is 20.1. The number of para-hydroxylation sites is 1. The number of hydrogen-bond donors (Lipinski definition) is 0. The van der Waals surface area contributed by atoms with Crippen LogP contribution in [0.15, 0.2) is 30.3 Å². The maximum Gasteiger partial charge on any atom is 0.339 e. The van der Waals surface area contributed by atoms with E-state index in [-0.39, 0.29) is 29.4 Å². The fourth-order valence-electron chi connectivity index (χ4n) is 5.52. The molecule has 2 atom stereocenters. The molecule has 1 aliphatic heterocycles. The summed E-state index contributed by atoms with van der Waals surface area (Å²) in [4.78, 5) is 31.9. The van der Waals surface area contributed by atoms with Crippen molar-refractivity contribution in [3.8, 4) is 0 Å². The van der Waals surface area contributed by atoms with Crippen LogP contribution in [-0.4, -0.2) is 41.0 Å². The van der Waals surface area contributed by atoms with E-state index in [1.165, 1.54) is 0 Å². The van der Waals surface area contributed by atoms with E-state index in [9.17, 15) is 9.59 Å². The molecule has 1 aromatic carbocycles. The van der Waals surface area contributed by atoms with Crippen LogP contribution in [0.4, 0.5) is 0 Å². The third-order valence-corrected chi connectivity index (χ3v) is 6.13. The van der Waals surface area contributed by atoms with E-state index in [4.69, 9.17) is 4.74 Å². The summed E-state index contributed by atoms with van der Waals surface area (Å²) in [5.74, 6) is -0.557. The van der Waals surface area contributed by atoms with Gasteiger partial charge in [0.2, 0.25) is 0 Å². The van der Waals surface area contributed by atoms with Crippen LogP contribution in [-0.2, 0) is 9.53 Å². The molecule has 2 heterocycles. The number of esters is 1. The van der Waals surface area contributed by atoms with Gasteiger partial charge in [-0.15, -0.1) is 0 Å². The number of amides is 1. The van der Waals surface area contributed by atoms with Gasteiger partial charge < -0.3 is 9.64 Å². The highest BCUT2D eigenvalue weighted by Crippen LogP contribution is 2.52. The van der Waals surface area contributed by atoms with Crippen molar-refractivity contribution < 1.29 is 14.3 Å². The lowest BCUT2D eigenvalue weighted by molar-refractivity contribution is -0.135. The van der Waals surface area contributed by atoms with Gasteiger partial charge in [0.15, 0.2) is 6.61 Å². The highest BCUT2D eigenvalue weighted by atomic mass is 16.5. The maximum absolute atomic E-state index is 12.8. The summed E-state index contributed by atoms with van der Waals surface area (Å²) < 4.78 is 5.44. The second-order valence-electron chi connectivity index (χ2n) is 9.64. The lowest BCUT2D eigenvalue weighted by atomic mass is 9.65. The first-order chi connectivity index (χ1) is 13.2. The minimum absolute atomic E-state index is 0.0881. The minimum atomic E-state index is -0.469. The van der Waals surface area contributed by atoms with Crippen molar-refractivity contribution in [3.63, 3.8) is 0 Å². The Kier molecular flexibility index (Phi) is 4.44. The molecule has 1 saturated heterocycles. The molecular weight excluding hydrogens is 352 g/mol. The third-order valence-electron chi connectivity index (χ3n) is 6.13. The molecule has 2 bridgehead atoms. The maximum atomic E-state index is 12.8. The molecule has 1 saturated carbocycles. The van der Waals surface area contributed by atoms with Crippen LogP contribution in [0.5, 0.6) is 0 Å². The Morgan fingerprint density at radius 3 is 2.75 bits per heavy atom. The van der Waals surface area contributed by atoms with Gasteiger partial charge in [-0.25, -0.2) is 4.79 Å². The van der Waals surface area contributed by atoms with Crippen LogP contribution in [0.3, 0.4) is 0 Å². The van der Waals surface area contributed by atoms with Crippen molar-refractivity contribution in [1.29, 1.82) is 0 Å². The molecule has 0 N–H and O–H groups in total. The number of aryl methyl sites for hydroxylation is 1. The van der Waals surface area contributed by atoms with Crippen molar-refractivity contribution >= 4 is 22.8 Å². The van der Waals surface area contributed by atoms with Gasteiger partial charge in [-0.1, -0.05) is 39.0 Å². The molecule has 1 aliphatic carbocycles. The summed E-state index contributed by atoms with van der Waals surface area (Å²) in [7, 11) is 0. The van der Waals surface area contributed by atoms with Crippen molar-refractivity contribution in [1.82, 2.24) is 9.88 Å². The Labute approximate surface area is 166 Å². The standard InChI is InChI=1S/C23H28N2O3/c1-15-9-18(17-7-5-6-8-19(17)24-15)21(27)28-12-20(26)25-14-23(4)11-16(25)10-22(2,3)13-23/h5-9,16H,10-14H2,1-4H3/t16-,23-/m1/s1. The average Bonchev–Trinajstić information content (AvgIpc) is 2.87. The summed E-state index contributed by atoms with van der Waals surface area (Å²) in [5, 5.41) is 0.747. The summed E-state index contributed by atoms with van der Waals surface area (Å²) in [6.45, 7) is 9.23. The highest BCUT2D eigenvalue weighted by Gasteiger charge is 2.50.